The normalized spacial score (nSPS) is 25.3. The molecule has 68 valence electrons. The van der Waals surface area contributed by atoms with Crippen LogP contribution < -0.4 is 5.32 Å². The van der Waals surface area contributed by atoms with E-state index in [0.29, 0.717) is 17.5 Å². The Kier molecular flexibility index (Phi) is 2.00. The molecule has 0 aromatic carbocycles. The minimum absolute atomic E-state index is 0.0116. The van der Waals surface area contributed by atoms with Gasteiger partial charge in [0.25, 0.3) is 5.91 Å². The predicted molar refractivity (Wildman–Crippen MR) is 49.3 cm³/mol. The van der Waals surface area contributed by atoms with E-state index >= 15 is 0 Å². The van der Waals surface area contributed by atoms with Crippen LogP contribution in [0.5, 0.6) is 0 Å². The molecule has 1 fully saturated rings. The van der Waals surface area contributed by atoms with Gasteiger partial charge in [-0.3, -0.25) is 9.78 Å². The minimum Gasteiger partial charge on any atom is -0.349 e. The molecule has 1 amide bonds. The molecular weight excluding hydrogens is 164 g/mol. The molecular formula is C10H12N2O. The minimum atomic E-state index is -0.0116. The number of hydrogen-bond acceptors (Lipinski definition) is 2. The Morgan fingerprint density at radius 1 is 1.69 bits per heavy atom. The molecule has 0 radical (unpaired) electrons. The number of nitrogens with zero attached hydrogens (tertiary/aromatic N) is 1. The van der Waals surface area contributed by atoms with E-state index in [-0.39, 0.29) is 5.91 Å². The summed E-state index contributed by atoms with van der Waals surface area (Å²) in [6, 6.07) is 3.92. The summed E-state index contributed by atoms with van der Waals surface area (Å²) in [7, 11) is 0. The number of pyridine rings is 1. The Labute approximate surface area is 77.2 Å². The number of amides is 1. The van der Waals surface area contributed by atoms with Crippen molar-refractivity contribution < 1.29 is 4.79 Å². The first-order chi connectivity index (χ1) is 6.27. The Bertz CT molecular complexity index is 310. The molecule has 1 N–H and O–H groups in total. The third-order valence-electron chi connectivity index (χ3n) is 2.35. The highest BCUT2D eigenvalue weighted by atomic mass is 16.1. The molecule has 0 bridgehead atoms. The lowest BCUT2D eigenvalue weighted by molar-refractivity contribution is 0.0949. The molecule has 1 aliphatic rings. The second kappa shape index (κ2) is 3.17. The molecule has 1 heterocycles. The molecule has 0 unspecified atom stereocenters. The molecule has 3 heteroatoms. The fourth-order valence-electron chi connectivity index (χ4n) is 1.27. The summed E-state index contributed by atoms with van der Waals surface area (Å²) in [6.07, 6.45) is 4.35. The van der Waals surface area contributed by atoms with Crippen LogP contribution in [-0.4, -0.2) is 16.9 Å². The summed E-state index contributed by atoms with van der Waals surface area (Å²) in [5.41, 5.74) is 0.640. The standard InChI is InChI=1S/C10H12N2O/c1-7-5-9(7)12-10(13)8-3-2-4-11-6-8/h2-4,6-7,9H,5H2,1H3,(H,12,13)/t7-,9-/m1/s1. The van der Waals surface area contributed by atoms with E-state index in [1.54, 1.807) is 24.5 Å². The Morgan fingerprint density at radius 2 is 2.46 bits per heavy atom. The highest BCUT2D eigenvalue weighted by Gasteiger charge is 2.33. The van der Waals surface area contributed by atoms with Crippen LogP contribution in [0.2, 0.25) is 0 Å². The second-order valence-corrected chi connectivity index (χ2v) is 3.53. The van der Waals surface area contributed by atoms with Gasteiger partial charge in [-0.05, 0) is 24.5 Å². The van der Waals surface area contributed by atoms with E-state index in [2.05, 4.69) is 17.2 Å². The van der Waals surface area contributed by atoms with Crippen LogP contribution in [0.3, 0.4) is 0 Å². The van der Waals surface area contributed by atoms with Gasteiger partial charge in [0.15, 0.2) is 0 Å². The topological polar surface area (TPSA) is 42.0 Å². The smallest absolute Gasteiger partial charge is 0.253 e. The summed E-state index contributed by atoms with van der Waals surface area (Å²) < 4.78 is 0. The van der Waals surface area contributed by atoms with Gasteiger partial charge < -0.3 is 5.32 Å². The van der Waals surface area contributed by atoms with Crippen LogP contribution in [-0.2, 0) is 0 Å². The molecule has 0 aliphatic heterocycles. The summed E-state index contributed by atoms with van der Waals surface area (Å²) >= 11 is 0. The fraction of sp³-hybridized carbons (Fsp3) is 0.400. The molecule has 0 saturated heterocycles. The lowest BCUT2D eigenvalue weighted by Crippen LogP contribution is -2.26. The maximum absolute atomic E-state index is 11.5. The van der Waals surface area contributed by atoms with Crippen LogP contribution in [0.25, 0.3) is 0 Å². The average Bonchev–Trinajstić information content (AvgIpc) is 2.83. The van der Waals surface area contributed by atoms with Gasteiger partial charge in [0, 0.05) is 18.4 Å². The van der Waals surface area contributed by atoms with Gasteiger partial charge in [-0.1, -0.05) is 6.92 Å². The van der Waals surface area contributed by atoms with Crippen molar-refractivity contribution in [3.05, 3.63) is 30.1 Å². The second-order valence-electron chi connectivity index (χ2n) is 3.53. The third kappa shape index (κ3) is 1.86. The zero-order valence-electron chi connectivity index (χ0n) is 7.53. The molecule has 2 rings (SSSR count). The van der Waals surface area contributed by atoms with Crippen LogP contribution >= 0.6 is 0 Å². The Balaban J connectivity index is 1.98. The first-order valence-electron chi connectivity index (χ1n) is 4.48. The number of hydrogen-bond donors (Lipinski definition) is 1. The molecule has 2 atom stereocenters. The molecule has 1 aliphatic carbocycles. The van der Waals surface area contributed by atoms with E-state index in [9.17, 15) is 4.79 Å². The quantitative estimate of drug-likeness (QED) is 0.736. The number of carbonyl (C=O) groups is 1. The predicted octanol–water partition coefficient (Wildman–Crippen LogP) is 1.22. The van der Waals surface area contributed by atoms with Crippen LogP contribution in [0.1, 0.15) is 23.7 Å². The molecule has 3 nitrogen and oxygen atoms in total. The molecule has 0 spiro atoms. The maximum Gasteiger partial charge on any atom is 0.253 e. The van der Waals surface area contributed by atoms with Gasteiger partial charge in [-0.2, -0.15) is 0 Å². The van der Waals surface area contributed by atoms with Gasteiger partial charge in [0.2, 0.25) is 0 Å². The molecule has 13 heavy (non-hydrogen) atoms. The lowest BCUT2D eigenvalue weighted by atomic mass is 10.2. The van der Waals surface area contributed by atoms with E-state index in [4.69, 9.17) is 0 Å². The van der Waals surface area contributed by atoms with Crippen LogP contribution in [0.4, 0.5) is 0 Å². The van der Waals surface area contributed by atoms with Crippen molar-refractivity contribution in [1.82, 2.24) is 10.3 Å². The summed E-state index contributed by atoms with van der Waals surface area (Å²) in [5.74, 6) is 0.628. The van der Waals surface area contributed by atoms with Crippen molar-refractivity contribution >= 4 is 5.91 Å². The molecule has 1 aromatic heterocycles. The Morgan fingerprint density at radius 3 is 3.00 bits per heavy atom. The van der Waals surface area contributed by atoms with Crippen molar-refractivity contribution in [3.63, 3.8) is 0 Å². The van der Waals surface area contributed by atoms with Crippen LogP contribution in [0, 0.1) is 5.92 Å². The van der Waals surface area contributed by atoms with E-state index in [1.165, 1.54) is 0 Å². The van der Waals surface area contributed by atoms with Gasteiger partial charge in [0.05, 0.1) is 5.56 Å². The molecule has 1 aromatic rings. The van der Waals surface area contributed by atoms with Crippen molar-refractivity contribution in [3.8, 4) is 0 Å². The number of aromatic nitrogens is 1. The zero-order valence-corrected chi connectivity index (χ0v) is 7.53. The average molecular weight is 176 g/mol. The Hall–Kier alpha value is -1.38. The van der Waals surface area contributed by atoms with Gasteiger partial charge in [-0.15, -0.1) is 0 Å². The van der Waals surface area contributed by atoms with Crippen molar-refractivity contribution in [2.45, 2.75) is 19.4 Å². The highest BCUT2D eigenvalue weighted by Crippen LogP contribution is 2.29. The lowest BCUT2D eigenvalue weighted by Gasteiger charge is -2.01. The van der Waals surface area contributed by atoms with Crippen LogP contribution in [0.15, 0.2) is 24.5 Å². The summed E-state index contributed by atoms with van der Waals surface area (Å²) in [6.45, 7) is 2.13. The maximum atomic E-state index is 11.5. The van der Waals surface area contributed by atoms with Gasteiger partial charge in [-0.25, -0.2) is 0 Å². The van der Waals surface area contributed by atoms with Crippen molar-refractivity contribution in [1.29, 1.82) is 0 Å². The monoisotopic (exact) mass is 176 g/mol. The summed E-state index contributed by atoms with van der Waals surface area (Å²) in [5, 5.41) is 2.94. The molecule has 1 saturated carbocycles. The highest BCUT2D eigenvalue weighted by molar-refractivity contribution is 5.94. The van der Waals surface area contributed by atoms with Crippen molar-refractivity contribution in [2.75, 3.05) is 0 Å². The largest absolute Gasteiger partial charge is 0.349 e. The van der Waals surface area contributed by atoms with Gasteiger partial charge >= 0.3 is 0 Å². The first-order valence-corrected chi connectivity index (χ1v) is 4.48. The van der Waals surface area contributed by atoms with E-state index in [1.807, 2.05) is 0 Å². The van der Waals surface area contributed by atoms with Gasteiger partial charge in [0.1, 0.15) is 0 Å². The SMILES string of the molecule is C[C@@H]1C[C@H]1NC(=O)c1cccnc1. The number of nitrogens with one attached hydrogen (secondary N) is 1. The number of rotatable bonds is 2. The first kappa shape index (κ1) is 8.23. The van der Waals surface area contributed by atoms with E-state index in [0.717, 1.165) is 6.42 Å². The number of carbonyl (C=O) groups excluding carboxylic acids is 1. The van der Waals surface area contributed by atoms with Crippen molar-refractivity contribution in [2.24, 2.45) is 5.92 Å². The zero-order chi connectivity index (χ0) is 9.26. The fourth-order valence-corrected chi connectivity index (χ4v) is 1.27. The summed E-state index contributed by atoms with van der Waals surface area (Å²) in [4.78, 5) is 15.4. The third-order valence-corrected chi connectivity index (χ3v) is 2.35. The van der Waals surface area contributed by atoms with E-state index < -0.39 is 0 Å².